The van der Waals surface area contributed by atoms with E-state index >= 15 is 0 Å². The molecule has 1 amide bonds. The van der Waals surface area contributed by atoms with Crippen molar-refractivity contribution in [3.8, 4) is 11.3 Å². The zero-order valence-corrected chi connectivity index (χ0v) is 15.0. The van der Waals surface area contributed by atoms with Crippen molar-refractivity contribution in [3.63, 3.8) is 0 Å². The highest BCUT2D eigenvalue weighted by Gasteiger charge is 2.26. The lowest BCUT2D eigenvalue weighted by Crippen LogP contribution is -2.15. The van der Waals surface area contributed by atoms with Crippen LogP contribution in [0.1, 0.15) is 22.3 Å². The summed E-state index contributed by atoms with van der Waals surface area (Å²) in [6, 6.07) is 6.65. The van der Waals surface area contributed by atoms with Crippen LogP contribution in [-0.4, -0.2) is 33.2 Å². The maximum Gasteiger partial charge on any atom is 0.390 e. The van der Waals surface area contributed by atoms with Crippen LogP contribution in [0, 0.1) is 11.6 Å². The zero-order valence-electron chi connectivity index (χ0n) is 14.2. The number of carbonyl (C=O) groups excluding carboxylic acids is 1. The zero-order chi connectivity index (χ0) is 19.8. The molecule has 0 aliphatic rings. The van der Waals surface area contributed by atoms with Crippen LogP contribution in [0.3, 0.4) is 0 Å². The van der Waals surface area contributed by atoms with Crippen molar-refractivity contribution in [2.45, 2.75) is 19.5 Å². The number of aromatic nitrogens is 3. The Morgan fingerprint density at radius 2 is 2.11 bits per heavy atom. The van der Waals surface area contributed by atoms with Crippen LogP contribution in [0.5, 0.6) is 0 Å². The number of nitrogens with zero attached hydrogens (tertiary/aromatic N) is 2. The summed E-state index contributed by atoms with van der Waals surface area (Å²) in [6.45, 7) is 1.48. The molecule has 0 saturated heterocycles. The molecule has 0 fully saturated rings. The molecule has 6 nitrogen and oxygen atoms in total. The Kier molecular flexibility index (Phi) is 4.92. The number of aryl methyl sites for hydroxylation is 1. The van der Waals surface area contributed by atoms with E-state index in [0.29, 0.717) is 32.8 Å². The second kappa shape index (κ2) is 7.03. The summed E-state index contributed by atoms with van der Waals surface area (Å²) in [4.78, 5) is 15.7. The van der Waals surface area contributed by atoms with Crippen molar-refractivity contribution in [1.29, 1.82) is 0 Å². The van der Waals surface area contributed by atoms with E-state index in [1.807, 2.05) is 0 Å². The quantitative estimate of drug-likeness (QED) is 0.573. The van der Waals surface area contributed by atoms with Crippen LogP contribution in [-0.2, 0) is 0 Å². The molecule has 4 N–H and O–H groups in total. The summed E-state index contributed by atoms with van der Waals surface area (Å²) < 4.78 is 39.1. The number of hydrogen-bond acceptors (Lipinski definition) is 4. The average molecular weight is 395 g/mol. The molecule has 2 heterocycles. The van der Waals surface area contributed by atoms with Gasteiger partial charge in [-0.05, 0) is 24.6 Å². The molecule has 3 rings (SSSR count). The Balaban J connectivity index is 2.00. The SMILES string of the molecule is Cc1cc(-c2cnc3c(NCCC(F)(F)F)cc(=S)[nH]n23)ccc1C(N)=O. The first-order valence-electron chi connectivity index (χ1n) is 7.98. The lowest BCUT2D eigenvalue weighted by molar-refractivity contribution is -0.131. The molecule has 0 spiro atoms. The van der Waals surface area contributed by atoms with Crippen LogP contribution >= 0.6 is 12.2 Å². The van der Waals surface area contributed by atoms with Gasteiger partial charge in [0.05, 0.1) is 24.0 Å². The summed E-state index contributed by atoms with van der Waals surface area (Å²) >= 11 is 5.18. The van der Waals surface area contributed by atoms with E-state index in [4.69, 9.17) is 18.0 Å². The minimum Gasteiger partial charge on any atom is -0.382 e. The van der Waals surface area contributed by atoms with Crippen molar-refractivity contribution >= 4 is 29.5 Å². The lowest BCUT2D eigenvalue weighted by atomic mass is 10.0. The first-order valence-corrected chi connectivity index (χ1v) is 8.39. The van der Waals surface area contributed by atoms with Gasteiger partial charge in [0.25, 0.3) is 0 Å². The number of benzene rings is 1. The predicted octanol–water partition coefficient (Wildman–Crippen LogP) is 3.83. The summed E-state index contributed by atoms with van der Waals surface area (Å²) in [6.07, 6.45) is -3.64. The molecule has 0 aliphatic heterocycles. The molecule has 0 saturated carbocycles. The highest BCUT2D eigenvalue weighted by atomic mass is 32.1. The molecule has 0 aliphatic carbocycles. The second-order valence-electron chi connectivity index (χ2n) is 6.02. The van der Waals surface area contributed by atoms with Crippen LogP contribution in [0.2, 0.25) is 0 Å². The maximum atomic E-state index is 12.4. The number of anilines is 1. The second-order valence-corrected chi connectivity index (χ2v) is 6.46. The van der Waals surface area contributed by atoms with Gasteiger partial charge in [-0.15, -0.1) is 0 Å². The molecule has 0 bridgehead atoms. The van der Waals surface area contributed by atoms with Crippen molar-refractivity contribution in [3.05, 3.63) is 46.2 Å². The molecule has 10 heteroatoms. The predicted molar refractivity (Wildman–Crippen MR) is 98.2 cm³/mol. The Bertz CT molecular complexity index is 1070. The fourth-order valence-corrected chi connectivity index (χ4v) is 2.97. The van der Waals surface area contributed by atoms with Crippen LogP contribution < -0.4 is 11.1 Å². The number of amides is 1. The molecule has 2 aromatic heterocycles. The minimum atomic E-state index is -4.25. The largest absolute Gasteiger partial charge is 0.390 e. The smallest absolute Gasteiger partial charge is 0.382 e. The number of nitrogens with one attached hydrogen (secondary N) is 2. The first kappa shape index (κ1) is 18.9. The Morgan fingerprint density at radius 1 is 1.37 bits per heavy atom. The number of alkyl halides is 3. The number of nitrogens with two attached hydrogens (primary N) is 1. The van der Waals surface area contributed by atoms with Gasteiger partial charge < -0.3 is 11.1 Å². The van der Waals surface area contributed by atoms with E-state index < -0.39 is 18.5 Å². The van der Waals surface area contributed by atoms with Gasteiger partial charge in [-0.3, -0.25) is 9.89 Å². The van der Waals surface area contributed by atoms with Gasteiger partial charge in [-0.2, -0.15) is 13.2 Å². The van der Waals surface area contributed by atoms with Gasteiger partial charge in [0.1, 0.15) is 4.64 Å². The number of aromatic amines is 1. The molecular formula is C17H16F3N5OS. The summed E-state index contributed by atoms with van der Waals surface area (Å²) in [5.74, 6) is -0.521. The van der Waals surface area contributed by atoms with Crippen molar-refractivity contribution in [1.82, 2.24) is 14.6 Å². The Morgan fingerprint density at radius 3 is 2.74 bits per heavy atom. The standard InChI is InChI=1S/C17H16F3N5OS/c1-9-6-10(2-3-11(9)15(21)26)13-8-23-16-12(7-14(27)24-25(13)16)22-5-4-17(18,19)20/h2-3,6-8,22H,4-5H2,1H3,(H2,21,26)(H,24,27). The van der Waals surface area contributed by atoms with E-state index in [2.05, 4.69) is 15.4 Å². The third-order valence-electron chi connectivity index (χ3n) is 4.01. The molecule has 0 atom stereocenters. The van der Waals surface area contributed by atoms with Crippen molar-refractivity contribution < 1.29 is 18.0 Å². The van der Waals surface area contributed by atoms with Crippen molar-refractivity contribution in [2.75, 3.05) is 11.9 Å². The summed E-state index contributed by atoms with van der Waals surface area (Å²) in [5, 5.41) is 5.69. The van der Waals surface area contributed by atoms with E-state index in [0.717, 1.165) is 5.56 Å². The Hall–Kier alpha value is -2.88. The number of imidazole rings is 1. The fourth-order valence-electron chi connectivity index (χ4n) is 2.77. The topological polar surface area (TPSA) is 88.2 Å². The molecule has 27 heavy (non-hydrogen) atoms. The molecule has 142 valence electrons. The van der Waals surface area contributed by atoms with Gasteiger partial charge in [0.15, 0.2) is 5.65 Å². The third kappa shape index (κ3) is 4.11. The number of hydrogen-bond donors (Lipinski definition) is 3. The van der Waals surface area contributed by atoms with Crippen LogP contribution in [0.25, 0.3) is 16.9 Å². The lowest BCUT2D eigenvalue weighted by Gasteiger charge is -2.11. The number of halogens is 3. The molecule has 3 aromatic rings. The summed E-state index contributed by atoms with van der Waals surface area (Å²) in [5.41, 5.74) is 8.66. The van der Waals surface area contributed by atoms with Gasteiger partial charge in [0.2, 0.25) is 5.91 Å². The highest BCUT2D eigenvalue weighted by molar-refractivity contribution is 7.71. The van der Waals surface area contributed by atoms with Crippen LogP contribution in [0.15, 0.2) is 30.5 Å². The normalized spacial score (nSPS) is 11.7. The summed E-state index contributed by atoms with van der Waals surface area (Å²) in [7, 11) is 0. The average Bonchev–Trinajstić information content (AvgIpc) is 2.96. The number of fused-ring (bicyclic) bond motifs is 1. The molecule has 0 radical (unpaired) electrons. The van der Waals surface area contributed by atoms with Crippen molar-refractivity contribution in [2.24, 2.45) is 5.73 Å². The molecule has 1 aromatic carbocycles. The van der Waals surface area contributed by atoms with Gasteiger partial charge in [-0.25, -0.2) is 9.50 Å². The van der Waals surface area contributed by atoms with E-state index in [1.165, 1.54) is 6.07 Å². The highest BCUT2D eigenvalue weighted by Crippen LogP contribution is 2.26. The number of primary amides is 1. The van der Waals surface area contributed by atoms with E-state index in [-0.39, 0.29) is 6.54 Å². The molecule has 0 unspecified atom stereocenters. The van der Waals surface area contributed by atoms with Gasteiger partial charge >= 0.3 is 6.18 Å². The number of carbonyl (C=O) groups is 1. The maximum absolute atomic E-state index is 12.4. The third-order valence-corrected chi connectivity index (χ3v) is 4.22. The number of rotatable bonds is 5. The Labute approximate surface area is 157 Å². The minimum absolute atomic E-state index is 0.285. The van der Waals surface area contributed by atoms with E-state index in [9.17, 15) is 18.0 Å². The first-order chi connectivity index (χ1) is 12.7. The van der Waals surface area contributed by atoms with Gasteiger partial charge in [0, 0.05) is 23.7 Å². The van der Waals surface area contributed by atoms with E-state index in [1.54, 1.807) is 35.8 Å². The number of H-pyrrole nitrogens is 1. The van der Waals surface area contributed by atoms with Gasteiger partial charge in [-0.1, -0.05) is 18.3 Å². The molecular weight excluding hydrogens is 379 g/mol. The monoisotopic (exact) mass is 395 g/mol. The fraction of sp³-hybridized carbons (Fsp3) is 0.235. The van der Waals surface area contributed by atoms with Crippen LogP contribution in [0.4, 0.5) is 18.9 Å².